The van der Waals surface area contributed by atoms with Gasteiger partial charge in [0.2, 0.25) is 0 Å². The molecule has 0 spiro atoms. The molecule has 1 aliphatic rings. The van der Waals surface area contributed by atoms with Gasteiger partial charge in [-0.15, -0.1) is 0 Å². The minimum absolute atomic E-state index is 0.222. The maximum atomic E-state index is 11.9. The highest BCUT2D eigenvalue weighted by Crippen LogP contribution is 2.28. The number of benzene rings is 2. The van der Waals surface area contributed by atoms with Gasteiger partial charge in [-0.2, -0.15) is 0 Å². The van der Waals surface area contributed by atoms with Crippen molar-refractivity contribution in [3.63, 3.8) is 0 Å². The third-order valence-electron chi connectivity index (χ3n) is 5.86. The first-order valence-electron chi connectivity index (χ1n) is 11.4. The van der Waals surface area contributed by atoms with Gasteiger partial charge in [0.15, 0.2) is 6.29 Å². The lowest BCUT2D eigenvalue weighted by molar-refractivity contribution is 0.110. The van der Waals surface area contributed by atoms with Crippen LogP contribution in [0.1, 0.15) is 66.1 Å². The van der Waals surface area contributed by atoms with Crippen molar-refractivity contribution < 1.29 is 9.53 Å². The highest BCUT2D eigenvalue weighted by atomic mass is 16.5. The van der Waals surface area contributed by atoms with Crippen LogP contribution in [-0.2, 0) is 13.1 Å². The number of carbonyl (C=O) groups excluding carboxylic acids is 1. The molecule has 0 bridgehead atoms. The van der Waals surface area contributed by atoms with Crippen molar-refractivity contribution in [3.8, 4) is 5.75 Å². The first-order chi connectivity index (χ1) is 15.5. The van der Waals surface area contributed by atoms with E-state index in [-0.39, 0.29) is 6.10 Å². The molecule has 32 heavy (non-hydrogen) atoms. The Balaban J connectivity index is 1.66. The molecule has 4 N–H and O–H groups in total. The number of ether oxygens (including phenoxy) is 1. The number of hydrogen-bond acceptors (Lipinski definition) is 5. The minimum Gasteiger partial charge on any atom is -0.490 e. The Morgan fingerprint density at radius 1 is 1.09 bits per heavy atom. The number of rotatable bonds is 9. The van der Waals surface area contributed by atoms with Gasteiger partial charge in [-0.05, 0) is 74.1 Å². The number of hydrogen-bond donors (Lipinski definition) is 2. The summed E-state index contributed by atoms with van der Waals surface area (Å²) >= 11 is 0. The van der Waals surface area contributed by atoms with Crippen molar-refractivity contribution in [3.05, 3.63) is 82.7 Å². The molecule has 5 nitrogen and oxygen atoms in total. The van der Waals surface area contributed by atoms with E-state index in [0.717, 1.165) is 42.4 Å². The summed E-state index contributed by atoms with van der Waals surface area (Å²) in [5.74, 6) is 0.714. The first-order valence-corrected chi connectivity index (χ1v) is 11.4. The maximum Gasteiger partial charge on any atom is 0.154 e. The van der Waals surface area contributed by atoms with E-state index in [1.165, 1.54) is 24.8 Å². The van der Waals surface area contributed by atoms with E-state index in [1.54, 1.807) is 6.20 Å². The molecular weight excluding hydrogens is 398 g/mol. The summed E-state index contributed by atoms with van der Waals surface area (Å²) < 4.78 is 6.21. The maximum absolute atomic E-state index is 11.9. The fourth-order valence-corrected chi connectivity index (χ4v) is 4.26. The summed E-state index contributed by atoms with van der Waals surface area (Å²) in [6.07, 6.45) is 10.4. The van der Waals surface area contributed by atoms with Gasteiger partial charge < -0.3 is 16.2 Å². The fourth-order valence-electron chi connectivity index (χ4n) is 4.26. The monoisotopic (exact) mass is 433 g/mol. The van der Waals surface area contributed by atoms with Crippen molar-refractivity contribution >= 4 is 11.9 Å². The third-order valence-corrected chi connectivity index (χ3v) is 5.86. The second kappa shape index (κ2) is 11.5. The molecular formula is C27H35N3O2. The Morgan fingerprint density at radius 3 is 2.44 bits per heavy atom. The van der Waals surface area contributed by atoms with Crippen LogP contribution < -0.4 is 16.2 Å². The molecule has 0 heterocycles. The van der Waals surface area contributed by atoms with E-state index in [0.29, 0.717) is 23.6 Å². The van der Waals surface area contributed by atoms with Crippen molar-refractivity contribution in [2.75, 3.05) is 7.05 Å². The highest BCUT2D eigenvalue weighted by Gasteiger charge is 2.18. The van der Waals surface area contributed by atoms with Crippen molar-refractivity contribution in [2.24, 2.45) is 11.5 Å². The van der Waals surface area contributed by atoms with Crippen LogP contribution in [0.4, 0.5) is 0 Å². The minimum atomic E-state index is 0.222. The molecule has 0 aliphatic heterocycles. The lowest BCUT2D eigenvalue weighted by Crippen LogP contribution is -2.21. The van der Waals surface area contributed by atoms with Crippen LogP contribution in [-0.4, -0.2) is 24.3 Å². The molecule has 170 valence electrons. The molecule has 2 aromatic carbocycles. The zero-order valence-electron chi connectivity index (χ0n) is 19.2. The largest absolute Gasteiger partial charge is 0.490 e. The highest BCUT2D eigenvalue weighted by molar-refractivity contribution is 5.81. The Kier molecular flexibility index (Phi) is 8.51. The first kappa shape index (κ1) is 23.6. The fraction of sp³-hybridized carbons (Fsp3) is 0.370. The third kappa shape index (κ3) is 6.47. The van der Waals surface area contributed by atoms with Crippen LogP contribution in [0.15, 0.2) is 60.4 Å². The Labute approximate surface area is 191 Å². The van der Waals surface area contributed by atoms with Crippen LogP contribution in [0.2, 0.25) is 0 Å². The molecule has 0 aromatic heterocycles. The summed E-state index contributed by atoms with van der Waals surface area (Å²) in [7, 11) is 2.06. The standard InChI is InChI=1S/C27H35N3O2/c1-20(29)15-24(16-28)22-13-11-21(12-14-22)17-30(2)18-23-7-6-10-27(26(23)19-31)32-25-8-4-3-5-9-25/h6-7,10-16,19,25H,3-5,8-9,17-18,28-29H2,1-2H3/b20-15-,24-16+. The Morgan fingerprint density at radius 2 is 1.81 bits per heavy atom. The lowest BCUT2D eigenvalue weighted by Gasteiger charge is -2.25. The summed E-state index contributed by atoms with van der Waals surface area (Å²) in [4.78, 5) is 14.1. The van der Waals surface area contributed by atoms with Crippen molar-refractivity contribution in [1.82, 2.24) is 4.90 Å². The average Bonchev–Trinajstić information content (AvgIpc) is 2.79. The van der Waals surface area contributed by atoms with Crippen molar-refractivity contribution in [1.29, 1.82) is 0 Å². The Hall–Kier alpha value is -3.05. The van der Waals surface area contributed by atoms with Gasteiger partial charge in [-0.25, -0.2) is 0 Å². The van der Waals surface area contributed by atoms with Gasteiger partial charge in [0, 0.05) is 25.0 Å². The van der Waals surface area contributed by atoms with Crippen LogP contribution in [0.5, 0.6) is 5.75 Å². The molecule has 1 saturated carbocycles. The quantitative estimate of drug-likeness (QED) is 0.429. The van der Waals surface area contributed by atoms with E-state index >= 15 is 0 Å². The zero-order chi connectivity index (χ0) is 22.9. The van der Waals surface area contributed by atoms with E-state index < -0.39 is 0 Å². The predicted octanol–water partition coefficient (Wildman–Crippen LogP) is 5.00. The molecule has 0 radical (unpaired) electrons. The summed E-state index contributed by atoms with van der Waals surface area (Å²) in [6, 6.07) is 14.2. The summed E-state index contributed by atoms with van der Waals surface area (Å²) in [5, 5.41) is 0. The summed E-state index contributed by atoms with van der Waals surface area (Å²) in [6.45, 7) is 3.27. The van der Waals surface area contributed by atoms with Gasteiger partial charge in [0.05, 0.1) is 11.7 Å². The number of aldehydes is 1. The number of allylic oxidation sites excluding steroid dienone is 3. The van der Waals surface area contributed by atoms with Crippen LogP contribution in [0.25, 0.3) is 5.57 Å². The second-order valence-electron chi connectivity index (χ2n) is 8.70. The average molecular weight is 434 g/mol. The van der Waals surface area contributed by atoms with Gasteiger partial charge in [0.25, 0.3) is 0 Å². The number of nitrogens with zero attached hydrogens (tertiary/aromatic N) is 1. The molecule has 5 heteroatoms. The van der Waals surface area contributed by atoms with Crippen LogP contribution >= 0.6 is 0 Å². The molecule has 0 atom stereocenters. The molecule has 3 rings (SSSR count). The van der Waals surface area contributed by atoms with Crippen LogP contribution in [0, 0.1) is 0 Å². The Bertz CT molecular complexity index is 953. The molecule has 1 fully saturated rings. The normalized spacial score (nSPS) is 15.7. The van der Waals surface area contributed by atoms with Gasteiger partial charge in [0.1, 0.15) is 5.75 Å². The molecule has 1 aliphatic carbocycles. The molecule has 0 unspecified atom stereocenters. The number of carbonyl (C=O) groups is 1. The van der Waals surface area contributed by atoms with Crippen molar-refractivity contribution in [2.45, 2.75) is 58.2 Å². The molecule has 0 amide bonds. The molecule has 0 saturated heterocycles. The second-order valence-corrected chi connectivity index (χ2v) is 8.70. The SMILES string of the molecule is C/C(N)=C/C(=C\N)c1ccc(CN(C)Cc2cccc(OC3CCCCC3)c2C=O)cc1. The zero-order valence-corrected chi connectivity index (χ0v) is 19.2. The smallest absolute Gasteiger partial charge is 0.154 e. The lowest BCUT2D eigenvalue weighted by atomic mass is 9.97. The van der Waals surface area contributed by atoms with E-state index in [9.17, 15) is 4.79 Å². The van der Waals surface area contributed by atoms with Gasteiger partial charge in [-0.1, -0.05) is 42.8 Å². The summed E-state index contributed by atoms with van der Waals surface area (Å²) in [5.41, 5.74) is 17.0. The van der Waals surface area contributed by atoms with E-state index in [4.69, 9.17) is 16.2 Å². The van der Waals surface area contributed by atoms with Crippen LogP contribution in [0.3, 0.4) is 0 Å². The van der Waals surface area contributed by atoms with Gasteiger partial charge in [-0.3, -0.25) is 9.69 Å². The van der Waals surface area contributed by atoms with E-state index in [1.807, 2.05) is 31.2 Å². The number of nitrogens with two attached hydrogens (primary N) is 2. The topological polar surface area (TPSA) is 81.6 Å². The predicted molar refractivity (Wildman–Crippen MR) is 131 cm³/mol. The van der Waals surface area contributed by atoms with Gasteiger partial charge >= 0.3 is 0 Å². The molecule has 2 aromatic rings. The van der Waals surface area contributed by atoms with E-state index in [2.05, 4.69) is 36.2 Å².